The lowest BCUT2D eigenvalue weighted by molar-refractivity contribution is -0.322. The van der Waals surface area contributed by atoms with Crippen LogP contribution >= 0.6 is 0 Å². The number of nitrogens with zero attached hydrogens (tertiary/aromatic N) is 3. The third-order valence-corrected chi connectivity index (χ3v) is 17.4. The second-order valence-electron chi connectivity index (χ2n) is 23.5. The number of ether oxygens (including phenoxy) is 10. The number of methoxy groups -OCH3 is 2. The number of likely N-dealkylation sites (N-methyl/N-ethyl adjacent to an activating group) is 1. The summed E-state index contributed by atoms with van der Waals surface area (Å²) in [5.74, 6) is -5.40. The molecule has 1 aromatic heterocycles. The SMILES string of the molecule is CC[C@H]1OC(=O)[C@H](C)[C@@H](O[C@H]2C[C@@](C)(OC)[C@@H](OCCCN(C)CCCc3ccc4c(c3)c(=O)c(C(=O)O)cn4CC)[C@H](C)O2)[C@H](C)[C@@H](O[C@H]2O[C@@H](C)C[C@@H](N(C)C)[C@@H]2O)[C@](C)(OC)C[C@@H](C)C(=O)[C@H](C)[C@H]2OC(=O)O[C@@]21C. The first-order valence-electron chi connectivity index (χ1n) is 28.1. The molecule has 0 aliphatic carbocycles. The minimum atomic E-state index is -1.50. The van der Waals surface area contributed by atoms with Gasteiger partial charge in [-0.25, -0.2) is 9.59 Å². The van der Waals surface area contributed by atoms with E-state index in [0.29, 0.717) is 43.3 Å². The number of fused-ring (bicyclic) bond motifs is 2. The molecule has 4 fully saturated rings. The van der Waals surface area contributed by atoms with Crippen LogP contribution < -0.4 is 5.43 Å². The molecule has 20 heteroatoms. The maximum Gasteiger partial charge on any atom is 0.509 e. The first kappa shape index (κ1) is 63.1. The number of aromatic nitrogens is 1. The topological polar surface area (TPSA) is 230 Å². The number of cyclic esters (lactones) is 1. The highest BCUT2D eigenvalue weighted by Crippen LogP contribution is 2.44. The highest BCUT2D eigenvalue weighted by atomic mass is 16.8. The number of carbonyl (C=O) groups is 4. The number of benzene rings is 1. The van der Waals surface area contributed by atoms with Gasteiger partial charge in [-0.2, -0.15) is 0 Å². The number of Topliss-reactive ketones (excluding diaryl/α,β-unsaturated/α-hetero) is 1. The molecule has 0 bridgehead atoms. The largest absolute Gasteiger partial charge is 0.509 e. The average Bonchev–Trinajstić information content (AvgIpc) is 3.79. The van der Waals surface area contributed by atoms with E-state index >= 15 is 0 Å². The van der Waals surface area contributed by atoms with E-state index in [1.165, 1.54) is 13.3 Å². The molecule has 4 saturated heterocycles. The molecule has 0 spiro atoms. The molecule has 4 aliphatic heterocycles. The second kappa shape index (κ2) is 26.2. The molecule has 6 rings (SSSR count). The quantitative estimate of drug-likeness (QED) is 0.111. The van der Waals surface area contributed by atoms with E-state index in [4.69, 9.17) is 47.4 Å². The number of carboxylic acid groups (broad SMARTS) is 1. The van der Waals surface area contributed by atoms with E-state index in [9.17, 15) is 34.2 Å². The van der Waals surface area contributed by atoms with E-state index in [2.05, 4.69) is 4.90 Å². The maximum absolute atomic E-state index is 14.8. The molecule has 0 unspecified atom stereocenters. The zero-order valence-corrected chi connectivity index (χ0v) is 49.1. The summed E-state index contributed by atoms with van der Waals surface area (Å²) in [6.07, 6.45) is -4.77. The Morgan fingerprint density at radius 2 is 1.53 bits per heavy atom. The van der Waals surface area contributed by atoms with Gasteiger partial charge in [0.15, 0.2) is 24.3 Å². The van der Waals surface area contributed by atoms with Crippen molar-refractivity contribution in [3.63, 3.8) is 0 Å². The van der Waals surface area contributed by atoms with Crippen LogP contribution in [0.1, 0.15) is 131 Å². The number of aliphatic hydroxyl groups excluding tert-OH is 1. The van der Waals surface area contributed by atoms with Crippen molar-refractivity contribution < 1.29 is 76.8 Å². The molecule has 78 heavy (non-hydrogen) atoms. The van der Waals surface area contributed by atoms with Crippen molar-refractivity contribution in [1.29, 1.82) is 0 Å². The van der Waals surface area contributed by atoms with Gasteiger partial charge in [0.2, 0.25) is 5.43 Å². The second-order valence-corrected chi connectivity index (χ2v) is 23.5. The lowest BCUT2D eigenvalue weighted by Crippen LogP contribution is -2.61. The van der Waals surface area contributed by atoms with Crippen LogP contribution in [0.2, 0.25) is 0 Å². The Morgan fingerprint density at radius 1 is 0.859 bits per heavy atom. The number of rotatable bonds is 19. The van der Waals surface area contributed by atoms with Crippen LogP contribution in [0, 0.1) is 23.7 Å². The Bertz CT molecular complexity index is 2450. The summed E-state index contributed by atoms with van der Waals surface area (Å²) in [5.41, 5.74) is -2.74. The van der Waals surface area contributed by atoms with Crippen molar-refractivity contribution in [2.75, 3.05) is 55.1 Å². The number of ketones is 1. The fourth-order valence-corrected chi connectivity index (χ4v) is 12.7. The lowest BCUT2D eigenvalue weighted by Gasteiger charge is -2.50. The summed E-state index contributed by atoms with van der Waals surface area (Å²) >= 11 is 0. The van der Waals surface area contributed by atoms with Crippen molar-refractivity contribution in [2.24, 2.45) is 23.7 Å². The van der Waals surface area contributed by atoms with Gasteiger partial charge < -0.3 is 71.9 Å². The van der Waals surface area contributed by atoms with Crippen LogP contribution in [0.25, 0.3) is 10.9 Å². The monoisotopic (exact) mass is 1100 g/mol. The minimum Gasteiger partial charge on any atom is -0.477 e. The molecular weight excluding hydrogens is 1010 g/mol. The number of carbonyl (C=O) groups excluding carboxylic acids is 3. The van der Waals surface area contributed by atoms with Crippen LogP contribution in [-0.4, -0.2) is 188 Å². The third kappa shape index (κ3) is 13.6. The maximum atomic E-state index is 14.8. The normalized spacial score (nSPS) is 37.2. The lowest BCUT2D eigenvalue weighted by atomic mass is 9.74. The van der Waals surface area contributed by atoms with Crippen molar-refractivity contribution in [3.05, 3.63) is 45.7 Å². The highest BCUT2D eigenvalue weighted by Gasteiger charge is 2.60. The van der Waals surface area contributed by atoms with Crippen molar-refractivity contribution in [3.8, 4) is 0 Å². The molecule has 4 aliphatic rings. The smallest absolute Gasteiger partial charge is 0.477 e. The predicted octanol–water partition coefficient (Wildman–Crippen LogP) is 6.63. The van der Waals surface area contributed by atoms with Gasteiger partial charge in [-0.1, -0.05) is 33.8 Å². The van der Waals surface area contributed by atoms with Gasteiger partial charge in [-0.15, -0.1) is 0 Å². The Kier molecular flexibility index (Phi) is 21.2. The van der Waals surface area contributed by atoms with E-state index < -0.39 is 119 Å². The molecule has 0 amide bonds. The third-order valence-electron chi connectivity index (χ3n) is 17.4. The molecule has 18 atom stereocenters. The van der Waals surface area contributed by atoms with Gasteiger partial charge >= 0.3 is 18.1 Å². The summed E-state index contributed by atoms with van der Waals surface area (Å²) in [7, 11) is 8.98. The van der Waals surface area contributed by atoms with Gasteiger partial charge in [0.1, 0.15) is 29.7 Å². The Morgan fingerprint density at radius 3 is 2.15 bits per heavy atom. The van der Waals surface area contributed by atoms with Crippen LogP contribution in [0.4, 0.5) is 4.79 Å². The number of carboxylic acids is 1. The summed E-state index contributed by atoms with van der Waals surface area (Å²) in [4.78, 5) is 71.3. The first-order chi connectivity index (χ1) is 36.7. The standard InChI is InChI=1S/C58H91N3O17/c1-17-43-58(11)50(77-55(68)78-58)34(5)45(62)32(3)29-56(9,69-15)49(76-54-47(64)42(59(12)13)27-33(4)72-54)35(6)48(36(7)53(67)74-43)75-44-30-57(10,70-16)51(37(8)73-44)71-26-20-25-60(14)24-19-21-38-22-23-41-39(28-38)46(63)40(52(65)66)31-61(41)18-2/h22-23,28,31-37,42-44,47-51,54,64H,17-21,24-27,29-30H2,1-16H3,(H,65,66)/t32-,33+,34+,35+,36-,37+,42-,43-,44+,47+,48+,49-,50-,51+,54-,56-,57-,58-/m1/s1. The molecule has 1 aromatic carbocycles. The average molecular weight is 1100 g/mol. The van der Waals surface area contributed by atoms with Gasteiger partial charge in [0, 0.05) is 69.8 Å². The van der Waals surface area contributed by atoms with Gasteiger partial charge in [-0.3, -0.25) is 14.4 Å². The molecule has 2 N–H and O–H groups in total. The first-order valence-corrected chi connectivity index (χ1v) is 28.1. The van der Waals surface area contributed by atoms with Gasteiger partial charge in [0.25, 0.3) is 0 Å². The number of aryl methyl sites for hydroxylation is 2. The number of hydrogen-bond acceptors (Lipinski definition) is 18. The van der Waals surface area contributed by atoms with Crippen LogP contribution in [-0.2, 0) is 69.9 Å². The number of esters is 1. The highest BCUT2D eigenvalue weighted by molar-refractivity contribution is 5.92. The molecule has 0 saturated carbocycles. The summed E-state index contributed by atoms with van der Waals surface area (Å²) in [5, 5.41) is 21.9. The number of hydrogen-bond donors (Lipinski definition) is 2. The van der Waals surface area contributed by atoms with E-state index in [-0.39, 0.29) is 42.8 Å². The molecule has 20 nitrogen and oxygen atoms in total. The number of aromatic carboxylic acids is 1. The predicted molar refractivity (Wildman–Crippen MR) is 289 cm³/mol. The van der Waals surface area contributed by atoms with Crippen LogP contribution in [0.3, 0.4) is 0 Å². The van der Waals surface area contributed by atoms with Crippen molar-refractivity contribution >= 4 is 34.8 Å². The van der Waals surface area contributed by atoms with Gasteiger partial charge in [0.05, 0.1) is 53.0 Å². The molecule has 440 valence electrons. The zero-order chi connectivity index (χ0) is 57.8. The molecular formula is C58H91N3O17. The minimum absolute atomic E-state index is 0.124. The van der Waals surface area contributed by atoms with Crippen LogP contribution in [0.5, 0.6) is 0 Å². The van der Waals surface area contributed by atoms with Gasteiger partial charge in [-0.05, 0) is 132 Å². The zero-order valence-electron chi connectivity index (χ0n) is 49.1. The molecule has 0 radical (unpaired) electrons. The number of pyridine rings is 1. The molecule has 2 aromatic rings. The fourth-order valence-electron chi connectivity index (χ4n) is 12.7. The van der Waals surface area contributed by atoms with Crippen LogP contribution in [0.15, 0.2) is 29.2 Å². The van der Waals surface area contributed by atoms with E-state index in [0.717, 1.165) is 25.1 Å². The summed E-state index contributed by atoms with van der Waals surface area (Å²) < 4.78 is 66.1. The Balaban J connectivity index is 1.20. The van der Waals surface area contributed by atoms with E-state index in [1.807, 2.05) is 85.8 Å². The molecule has 5 heterocycles. The number of aliphatic hydroxyl groups is 1. The van der Waals surface area contributed by atoms with E-state index in [1.54, 1.807) is 46.3 Å². The Labute approximate surface area is 460 Å². The summed E-state index contributed by atoms with van der Waals surface area (Å²) in [6, 6.07) is 5.39. The Hall–Kier alpha value is -4.09. The van der Waals surface area contributed by atoms with Crippen molar-refractivity contribution in [2.45, 2.75) is 212 Å². The van der Waals surface area contributed by atoms with Crippen molar-refractivity contribution in [1.82, 2.24) is 14.4 Å². The summed E-state index contributed by atoms with van der Waals surface area (Å²) in [6.45, 7) is 22.5. The fraction of sp³-hybridized carbons (Fsp3) is 0.776.